The highest BCUT2D eigenvalue weighted by Gasteiger charge is 2.46. The van der Waals surface area contributed by atoms with E-state index >= 15 is 0 Å². The van der Waals surface area contributed by atoms with E-state index in [1.54, 1.807) is 6.20 Å². The molecule has 2 heterocycles. The summed E-state index contributed by atoms with van der Waals surface area (Å²) in [5, 5.41) is 8.35. The van der Waals surface area contributed by atoms with E-state index in [1.165, 1.54) is 0 Å². The molecule has 6 heteroatoms. The number of fused-ring (bicyclic) bond motifs is 1. The van der Waals surface area contributed by atoms with Gasteiger partial charge in [0.1, 0.15) is 11.4 Å². The van der Waals surface area contributed by atoms with Crippen LogP contribution in [0.3, 0.4) is 0 Å². The average molecular weight is 343 g/mol. The predicted molar refractivity (Wildman–Crippen MR) is 92.0 cm³/mol. The Bertz CT molecular complexity index is 912. The Kier molecular flexibility index (Phi) is 3.71. The maximum absolute atomic E-state index is 13.1. The zero-order valence-electron chi connectivity index (χ0n) is 14.1. The van der Waals surface area contributed by atoms with Crippen molar-refractivity contribution in [3.05, 3.63) is 42.2 Å². The molecule has 130 valence electrons. The van der Waals surface area contributed by atoms with Crippen molar-refractivity contribution in [3.8, 4) is 17.0 Å². The lowest BCUT2D eigenvalue weighted by molar-refractivity contribution is -0.0875. The minimum absolute atomic E-state index is 0.0839. The van der Waals surface area contributed by atoms with E-state index in [2.05, 4.69) is 15.2 Å². The highest BCUT2D eigenvalue weighted by atomic mass is 19.3. The van der Waals surface area contributed by atoms with E-state index in [0.29, 0.717) is 5.69 Å². The van der Waals surface area contributed by atoms with Crippen LogP contribution in [0.15, 0.2) is 36.5 Å². The number of nitrogens with zero attached hydrogens (tertiary/aromatic N) is 2. The molecule has 2 aromatic heterocycles. The first-order valence-corrected chi connectivity index (χ1v) is 8.40. The van der Waals surface area contributed by atoms with Gasteiger partial charge < -0.3 is 4.74 Å². The molecule has 0 saturated heterocycles. The summed E-state index contributed by atoms with van der Waals surface area (Å²) in [6.07, 6.45) is 1.49. The average Bonchev–Trinajstić information content (AvgIpc) is 2.95. The molecule has 1 aliphatic rings. The maximum Gasteiger partial charge on any atom is 0.249 e. The van der Waals surface area contributed by atoms with E-state index in [9.17, 15) is 8.78 Å². The monoisotopic (exact) mass is 343 g/mol. The van der Waals surface area contributed by atoms with Crippen molar-refractivity contribution in [2.24, 2.45) is 0 Å². The number of halogens is 2. The molecule has 4 rings (SSSR count). The molecule has 0 bridgehead atoms. The van der Waals surface area contributed by atoms with Crippen molar-refractivity contribution in [1.29, 1.82) is 0 Å². The number of pyridine rings is 1. The molecule has 0 atom stereocenters. The third kappa shape index (κ3) is 3.08. The smallest absolute Gasteiger partial charge is 0.249 e. The Balaban J connectivity index is 1.69. The number of ether oxygens (including phenoxy) is 1. The summed E-state index contributed by atoms with van der Waals surface area (Å²) in [4.78, 5) is 4.28. The standard InChI is InChI=1S/C19H19F2N3O/c1-11(2)25-14-3-4-16-15(8-14)18(24-23-16)12-5-6-22-17(7-12)13-9-19(20,21)10-13/h3-8,11,13H,9-10H2,1-2H3,(H,23,24). The fraction of sp³-hybridized carbons (Fsp3) is 0.368. The van der Waals surface area contributed by atoms with Crippen LogP contribution in [0.2, 0.25) is 0 Å². The number of aromatic nitrogens is 3. The number of H-pyrrole nitrogens is 1. The van der Waals surface area contributed by atoms with Crippen molar-refractivity contribution in [2.45, 2.75) is 44.6 Å². The van der Waals surface area contributed by atoms with Crippen LogP contribution in [0.4, 0.5) is 8.78 Å². The lowest BCUT2D eigenvalue weighted by Gasteiger charge is -2.34. The molecule has 0 radical (unpaired) electrons. The first-order chi connectivity index (χ1) is 11.9. The van der Waals surface area contributed by atoms with Crippen molar-refractivity contribution in [2.75, 3.05) is 0 Å². The first kappa shape index (κ1) is 16.0. The van der Waals surface area contributed by atoms with Gasteiger partial charge in [0.05, 0.1) is 11.6 Å². The molecule has 0 unspecified atom stereocenters. The summed E-state index contributed by atoms with van der Waals surface area (Å²) in [6.45, 7) is 3.95. The molecule has 1 fully saturated rings. The first-order valence-electron chi connectivity index (χ1n) is 8.40. The van der Waals surface area contributed by atoms with Gasteiger partial charge >= 0.3 is 0 Å². The Morgan fingerprint density at radius 2 is 2.00 bits per heavy atom. The molecule has 1 N–H and O–H groups in total. The molecule has 0 spiro atoms. The zero-order chi connectivity index (χ0) is 17.6. The Morgan fingerprint density at radius 1 is 1.20 bits per heavy atom. The van der Waals surface area contributed by atoms with Crippen molar-refractivity contribution < 1.29 is 13.5 Å². The SMILES string of the molecule is CC(C)Oc1ccc2[nH]nc(-c3ccnc(C4CC(F)(F)C4)c3)c2c1. The van der Waals surface area contributed by atoms with E-state index in [1.807, 2.05) is 44.2 Å². The van der Waals surface area contributed by atoms with Gasteiger partial charge in [0.15, 0.2) is 0 Å². The largest absolute Gasteiger partial charge is 0.491 e. The second-order valence-electron chi connectivity index (χ2n) is 6.88. The van der Waals surface area contributed by atoms with Crippen LogP contribution in [0.1, 0.15) is 38.3 Å². The fourth-order valence-corrected chi connectivity index (χ4v) is 3.25. The number of nitrogens with one attached hydrogen (secondary N) is 1. The summed E-state index contributed by atoms with van der Waals surface area (Å²) in [5.74, 6) is -1.96. The normalized spacial score (nSPS) is 17.0. The predicted octanol–water partition coefficient (Wildman–Crippen LogP) is 4.92. The van der Waals surface area contributed by atoms with Gasteiger partial charge in [0.25, 0.3) is 0 Å². The van der Waals surface area contributed by atoms with Crippen molar-refractivity contribution >= 4 is 10.9 Å². The molecule has 1 saturated carbocycles. The Hall–Kier alpha value is -2.50. The molecule has 3 aromatic rings. The molecular formula is C19H19F2N3O. The lowest BCUT2D eigenvalue weighted by atomic mass is 9.78. The summed E-state index contributed by atoms with van der Waals surface area (Å²) < 4.78 is 32.0. The Morgan fingerprint density at radius 3 is 2.72 bits per heavy atom. The molecule has 25 heavy (non-hydrogen) atoms. The van der Waals surface area contributed by atoms with Crippen LogP contribution >= 0.6 is 0 Å². The van der Waals surface area contributed by atoms with Gasteiger partial charge in [0.2, 0.25) is 5.92 Å². The second kappa shape index (κ2) is 5.79. The number of rotatable bonds is 4. The lowest BCUT2D eigenvalue weighted by Crippen LogP contribution is -2.34. The molecule has 0 aliphatic heterocycles. The van der Waals surface area contributed by atoms with E-state index in [0.717, 1.165) is 27.9 Å². The van der Waals surface area contributed by atoms with Gasteiger partial charge in [-0.25, -0.2) is 8.78 Å². The molecule has 0 amide bonds. The number of benzene rings is 1. The van der Waals surface area contributed by atoms with Crippen LogP contribution in [-0.2, 0) is 0 Å². The Labute approximate surface area is 144 Å². The maximum atomic E-state index is 13.1. The number of hydrogen-bond donors (Lipinski definition) is 1. The molecular weight excluding hydrogens is 324 g/mol. The number of hydrogen-bond acceptors (Lipinski definition) is 3. The summed E-state index contributed by atoms with van der Waals surface area (Å²) in [6, 6.07) is 9.50. The van der Waals surface area contributed by atoms with Crippen LogP contribution in [0.5, 0.6) is 5.75 Å². The quantitative estimate of drug-likeness (QED) is 0.731. The van der Waals surface area contributed by atoms with Gasteiger partial charge in [-0.3, -0.25) is 10.1 Å². The zero-order valence-corrected chi connectivity index (χ0v) is 14.1. The third-order valence-electron chi connectivity index (χ3n) is 4.47. The van der Waals surface area contributed by atoms with Gasteiger partial charge in [0, 0.05) is 41.6 Å². The van der Waals surface area contributed by atoms with Gasteiger partial charge in [-0.15, -0.1) is 0 Å². The van der Waals surface area contributed by atoms with Crippen LogP contribution in [0, 0.1) is 0 Å². The van der Waals surface area contributed by atoms with Crippen LogP contribution in [-0.4, -0.2) is 27.2 Å². The topological polar surface area (TPSA) is 50.8 Å². The summed E-state index contributed by atoms with van der Waals surface area (Å²) in [5.41, 5.74) is 3.25. The highest BCUT2D eigenvalue weighted by molar-refractivity contribution is 5.93. The van der Waals surface area contributed by atoms with Crippen LogP contribution < -0.4 is 4.74 Å². The second-order valence-corrected chi connectivity index (χ2v) is 6.88. The number of aromatic amines is 1. The van der Waals surface area contributed by atoms with E-state index in [-0.39, 0.29) is 24.9 Å². The van der Waals surface area contributed by atoms with Gasteiger partial charge in [-0.05, 0) is 44.2 Å². The van der Waals surface area contributed by atoms with E-state index < -0.39 is 5.92 Å². The summed E-state index contributed by atoms with van der Waals surface area (Å²) in [7, 11) is 0. The summed E-state index contributed by atoms with van der Waals surface area (Å²) >= 11 is 0. The minimum atomic E-state index is -2.55. The number of alkyl halides is 2. The minimum Gasteiger partial charge on any atom is -0.491 e. The molecule has 1 aromatic carbocycles. The van der Waals surface area contributed by atoms with Crippen LogP contribution in [0.25, 0.3) is 22.2 Å². The van der Waals surface area contributed by atoms with E-state index in [4.69, 9.17) is 4.74 Å². The van der Waals surface area contributed by atoms with Crippen molar-refractivity contribution in [3.63, 3.8) is 0 Å². The fourth-order valence-electron chi connectivity index (χ4n) is 3.25. The third-order valence-corrected chi connectivity index (χ3v) is 4.47. The van der Waals surface area contributed by atoms with Gasteiger partial charge in [-0.1, -0.05) is 0 Å². The molecule has 4 nitrogen and oxygen atoms in total. The van der Waals surface area contributed by atoms with Crippen molar-refractivity contribution in [1.82, 2.24) is 15.2 Å². The molecule has 1 aliphatic carbocycles. The highest BCUT2D eigenvalue weighted by Crippen LogP contribution is 2.48. The van der Waals surface area contributed by atoms with Gasteiger partial charge in [-0.2, -0.15) is 5.10 Å².